The highest BCUT2D eigenvalue weighted by molar-refractivity contribution is 7.09. The van der Waals surface area contributed by atoms with Crippen molar-refractivity contribution in [2.24, 2.45) is 17.3 Å². The van der Waals surface area contributed by atoms with Gasteiger partial charge in [0.2, 0.25) is 0 Å². The van der Waals surface area contributed by atoms with Crippen molar-refractivity contribution in [3.05, 3.63) is 22.4 Å². The largest absolute Gasteiger partial charge is 0.380 e. The first kappa shape index (κ1) is 13.3. The fourth-order valence-corrected chi connectivity index (χ4v) is 4.35. The maximum absolute atomic E-state index is 6.03. The smallest absolute Gasteiger partial charge is 0.0561 e. The zero-order valence-corrected chi connectivity index (χ0v) is 12.7. The summed E-state index contributed by atoms with van der Waals surface area (Å²) in [6.45, 7) is 7.09. The lowest BCUT2D eigenvalue weighted by molar-refractivity contribution is 0.0222. The fourth-order valence-electron chi connectivity index (χ4n) is 3.60. The first-order chi connectivity index (χ1) is 9.84. The zero-order valence-electron chi connectivity index (χ0n) is 11.9. The third-order valence-electron chi connectivity index (χ3n) is 4.99. The number of thiophene rings is 1. The van der Waals surface area contributed by atoms with E-state index in [0.29, 0.717) is 5.92 Å². The lowest BCUT2D eigenvalue weighted by atomic mass is 9.82. The van der Waals surface area contributed by atoms with Crippen LogP contribution in [0.3, 0.4) is 0 Å². The van der Waals surface area contributed by atoms with Crippen LogP contribution < -0.4 is 0 Å². The van der Waals surface area contributed by atoms with E-state index in [0.717, 1.165) is 45.4 Å². The van der Waals surface area contributed by atoms with Gasteiger partial charge in [-0.3, -0.25) is 4.90 Å². The van der Waals surface area contributed by atoms with E-state index in [1.807, 2.05) is 11.3 Å². The topological polar surface area (TPSA) is 21.7 Å². The van der Waals surface area contributed by atoms with E-state index in [4.69, 9.17) is 9.47 Å². The van der Waals surface area contributed by atoms with Crippen molar-refractivity contribution in [3.8, 4) is 0 Å². The van der Waals surface area contributed by atoms with Crippen molar-refractivity contribution in [2.75, 3.05) is 39.5 Å². The summed E-state index contributed by atoms with van der Waals surface area (Å²) in [5.41, 5.74) is 0.270. The number of ether oxygens (including phenoxy) is 2. The number of fused-ring (bicyclic) bond motifs is 1. The van der Waals surface area contributed by atoms with Gasteiger partial charge in [-0.2, -0.15) is 0 Å². The standard InChI is InChI=1S/C16H23NO2S/c1-2-15(20-5-1)7-17-6-14-9-19-12-16(14,10-17)11-18-8-13-3-4-13/h1-2,5,13-14H,3-4,6-12H2/t14-,16-/m1/s1. The van der Waals surface area contributed by atoms with Gasteiger partial charge in [-0.15, -0.1) is 11.3 Å². The summed E-state index contributed by atoms with van der Waals surface area (Å²) in [4.78, 5) is 4.07. The van der Waals surface area contributed by atoms with Gasteiger partial charge in [0.15, 0.2) is 0 Å². The Bertz CT molecular complexity index is 445. The monoisotopic (exact) mass is 293 g/mol. The molecule has 2 aliphatic heterocycles. The number of hydrogen-bond donors (Lipinski definition) is 0. The number of rotatable bonds is 6. The van der Waals surface area contributed by atoms with E-state index in [1.54, 1.807) is 0 Å². The Hall–Kier alpha value is -0.420. The summed E-state index contributed by atoms with van der Waals surface area (Å²) in [6.07, 6.45) is 2.74. The lowest BCUT2D eigenvalue weighted by Crippen LogP contribution is -2.35. The number of hydrogen-bond acceptors (Lipinski definition) is 4. The normalized spacial score (nSPS) is 33.7. The van der Waals surface area contributed by atoms with E-state index < -0.39 is 0 Å². The van der Waals surface area contributed by atoms with Gasteiger partial charge in [0, 0.05) is 42.5 Å². The van der Waals surface area contributed by atoms with Crippen molar-refractivity contribution in [2.45, 2.75) is 19.4 Å². The second kappa shape index (κ2) is 5.41. The van der Waals surface area contributed by atoms with Crippen molar-refractivity contribution < 1.29 is 9.47 Å². The minimum atomic E-state index is 0.270. The molecule has 4 heteroatoms. The fraction of sp³-hybridized carbons (Fsp3) is 0.750. The van der Waals surface area contributed by atoms with Gasteiger partial charge in [-0.1, -0.05) is 6.07 Å². The lowest BCUT2D eigenvalue weighted by Gasteiger charge is -2.27. The molecule has 110 valence electrons. The Kier molecular flexibility index (Phi) is 3.59. The van der Waals surface area contributed by atoms with E-state index in [9.17, 15) is 0 Å². The molecule has 0 aromatic carbocycles. The van der Waals surface area contributed by atoms with Crippen LogP contribution in [-0.4, -0.2) is 44.4 Å². The molecule has 2 saturated heterocycles. The molecule has 0 N–H and O–H groups in total. The molecule has 0 amide bonds. The highest BCUT2D eigenvalue weighted by Gasteiger charge is 2.50. The summed E-state index contributed by atoms with van der Waals surface area (Å²) in [7, 11) is 0. The second-order valence-electron chi connectivity index (χ2n) is 6.78. The molecule has 3 aliphatic rings. The van der Waals surface area contributed by atoms with Crippen LogP contribution >= 0.6 is 11.3 Å². The van der Waals surface area contributed by atoms with Gasteiger partial charge in [-0.25, -0.2) is 0 Å². The molecule has 1 aromatic heterocycles. The van der Waals surface area contributed by atoms with E-state index in [1.165, 1.54) is 24.3 Å². The van der Waals surface area contributed by atoms with Crippen LogP contribution in [0.4, 0.5) is 0 Å². The third-order valence-corrected chi connectivity index (χ3v) is 5.85. The van der Waals surface area contributed by atoms with Crippen LogP contribution in [0.1, 0.15) is 17.7 Å². The first-order valence-electron chi connectivity index (χ1n) is 7.74. The Morgan fingerprint density at radius 1 is 1.45 bits per heavy atom. The van der Waals surface area contributed by atoms with Gasteiger partial charge in [0.1, 0.15) is 0 Å². The van der Waals surface area contributed by atoms with Crippen LogP contribution in [0.15, 0.2) is 17.5 Å². The first-order valence-corrected chi connectivity index (χ1v) is 8.62. The molecule has 0 unspecified atom stereocenters. The van der Waals surface area contributed by atoms with Crippen LogP contribution in [0.2, 0.25) is 0 Å². The van der Waals surface area contributed by atoms with Crippen molar-refractivity contribution in [3.63, 3.8) is 0 Å². The minimum Gasteiger partial charge on any atom is -0.380 e. The molecule has 1 aliphatic carbocycles. The van der Waals surface area contributed by atoms with Crippen LogP contribution in [0, 0.1) is 17.3 Å². The van der Waals surface area contributed by atoms with Gasteiger partial charge < -0.3 is 9.47 Å². The summed E-state index contributed by atoms with van der Waals surface area (Å²) in [6, 6.07) is 4.39. The molecule has 20 heavy (non-hydrogen) atoms. The molecular weight excluding hydrogens is 270 g/mol. The van der Waals surface area contributed by atoms with Crippen molar-refractivity contribution in [1.29, 1.82) is 0 Å². The highest BCUT2D eigenvalue weighted by atomic mass is 32.1. The Labute approximate surface area is 124 Å². The molecule has 3 nitrogen and oxygen atoms in total. The molecule has 1 saturated carbocycles. The maximum atomic E-state index is 6.03. The number of nitrogens with zero attached hydrogens (tertiary/aromatic N) is 1. The molecular formula is C16H23NO2S. The number of likely N-dealkylation sites (tertiary alicyclic amines) is 1. The predicted molar refractivity (Wildman–Crippen MR) is 79.9 cm³/mol. The van der Waals surface area contributed by atoms with Crippen molar-refractivity contribution >= 4 is 11.3 Å². The summed E-state index contributed by atoms with van der Waals surface area (Å²) in [5, 5.41) is 2.17. The summed E-state index contributed by atoms with van der Waals surface area (Å²) < 4.78 is 11.8. The Morgan fingerprint density at radius 3 is 3.20 bits per heavy atom. The highest BCUT2D eigenvalue weighted by Crippen LogP contribution is 2.42. The maximum Gasteiger partial charge on any atom is 0.0561 e. The van der Waals surface area contributed by atoms with E-state index in [2.05, 4.69) is 22.4 Å². The molecule has 0 spiro atoms. The molecule has 2 atom stereocenters. The van der Waals surface area contributed by atoms with Gasteiger partial charge >= 0.3 is 0 Å². The quantitative estimate of drug-likeness (QED) is 0.805. The van der Waals surface area contributed by atoms with Crippen LogP contribution in [-0.2, 0) is 16.0 Å². The Morgan fingerprint density at radius 2 is 2.40 bits per heavy atom. The summed E-state index contributed by atoms with van der Waals surface area (Å²) >= 11 is 1.86. The molecule has 3 fully saturated rings. The van der Waals surface area contributed by atoms with Gasteiger partial charge in [0.05, 0.1) is 19.8 Å². The zero-order chi connectivity index (χ0) is 13.4. The molecule has 0 bridgehead atoms. The molecule has 0 radical (unpaired) electrons. The van der Waals surface area contributed by atoms with E-state index >= 15 is 0 Å². The predicted octanol–water partition coefficient (Wildman–Crippen LogP) is 2.62. The van der Waals surface area contributed by atoms with Crippen LogP contribution in [0.5, 0.6) is 0 Å². The second-order valence-corrected chi connectivity index (χ2v) is 7.81. The van der Waals surface area contributed by atoms with Gasteiger partial charge in [0.25, 0.3) is 0 Å². The van der Waals surface area contributed by atoms with Gasteiger partial charge in [-0.05, 0) is 30.2 Å². The van der Waals surface area contributed by atoms with Crippen molar-refractivity contribution in [1.82, 2.24) is 4.90 Å². The molecule has 3 heterocycles. The Balaban J connectivity index is 1.36. The summed E-state index contributed by atoms with van der Waals surface area (Å²) in [5.74, 6) is 1.53. The minimum absolute atomic E-state index is 0.270. The third kappa shape index (κ3) is 2.67. The average molecular weight is 293 g/mol. The van der Waals surface area contributed by atoms with Crippen LogP contribution in [0.25, 0.3) is 0 Å². The van der Waals surface area contributed by atoms with E-state index in [-0.39, 0.29) is 5.41 Å². The molecule has 4 rings (SSSR count). The SMILES string of the molecule is c1csc(CN2C[C@@H]3COC[C@]3(COCC3CC3)C2)c1. The average Bonchev–Trinajstić information content (AvgIpc) is 2.84. The molecule has 1 aromatic rings.